The summed E-state index contributed by atoms with van der Waals surface area (Å²) < 4.78 is 1.20. The average Bonchev–Trinajstić information content (AvgIpc) is 2.74. The first-order chi connectivity index (χ1) is 8.90. The lowest BCUT2D eigenvalue weighted by Gasteiger charge is -2.39. The normalized spacial score (nSPS) is 17.7. The van der Waals surface area contributed by atoms with E-state index < -0.39 is 0 Å². The van der Waals surface area contributed by atoms with Gasteiger partial charge < -0.3 is 4.90 Å². The molecule has 1 aromatic rings. The van der Waals surface area contributed by atoms with Crippen LogP contribution in [0.2, 0.25) is 0 Å². The molecule has 1 heterocycles. The third-order valence-electron chi connectivity index (χ3n) is 5.23. The Morgan fingerprint density at radius 3 is 2.37 bits per heavy atom. The maximum atomic E-state index is 3.64. The van der Waals surface area contributed by atoms with E-state index in [1.807, 2.05) is 0 Å². The SMILES string of the molecule is CCC1(CC)CN(C(C)(C)CC)c2ccc(Br)cc21. The highest BCUT2D eigenvalue weighted by molar-refractivity contribution is 9.10. The molecule has 0 N–H and O–H groups in total. The van der Waals surface area contributed by atoms with Gasteiger partial charge in [0.25, 0.3) is 0 Å². The van der Waals surface area contributed by atoms with Crippen LogP contribution in [-0.4, -0.2) is 12.1 Å². The van der Waals surface area contributed by atoms with Crippen molar-refractivity contribution in [3.63, 3.8) is 0 Å². The van der Waals surface area contributed by atoms with Gasteiger partial charge in [-0.1, -0.05) is 36.7 Å². The van der Waals surface area contributed by atoms with Crippen molar-refractivity contribution >= 4 is 21.6 Å². The van der Waals surface area contributed by atoms with Crippen LogP contribution in [-0.2, 0) is 5.41 Å². The van der Waals surface area contributed by atoms with Gasteiger partial charge in [0.05, 0.1) is 0 Å². The first kappa shape index (κ1) is 14.9. The van der Waals surface area contributed by atoms with Crippen LogP contribution in [0.15, 0.2) is 22.7 Å². The highest BCUT2D eigenvalue weighted by Gasteiger charge is 2.44. The Bertz CT molecular complexity index is 460. The number of nitrogens with zero attached hydrogens (tertiary/aromatic N) is 1. The van der Waals surface area contributed by atoms with Crippen molar-refractivity contribution in [2.75, 3.05) is 11.4 Å². The van der Waals surface area contributed by atoms with Crippen molar-refractivity contribution in [2.24, 2.45) is 0 Å². The predicted octanol–water partition coefficient (Wildman–Crippen LogP) is 5.52. The second-order valence-corrected chi connectivity index (χ2v) is 7.32. The summed E-state index contributed by atoms with van der Waals surface area (Å²) in [6.45, 7) is 12.8. The second kappa shape index (κ2) is 5.12. The van der Waals surface area contributed by atoms with Crippen molar-refractivity contribution in [2.45, 2.75) is 64.8 Å². The molecule has 1 aromatic carbocycles. The molecular formula is C17H26BrN. The van der Waals surface area contributed by atoms with Crippen molar-refractivity contribution in [3.8, 4) is 0 Å². The molecule has 0 aromatic heterocycles. The van der Waals surface area contributed by atoms with E-state index in [1.165, 1.54) is 35.0 Å². The van der Waals surface area contributed by atoms with Gasteiger partial charge in [0.2, 0.25) is 0 Å². The van der Waals surface area contributed by atoms with E-state index >= 15 is 0 Å². The van der Waals surface area contributed by atoms with E-state index in [9.17, 15) is 0 Å². The smallest absolute Gasteiger partial charge is 0.0410 e. The molecule has 1 aliphatic rings. The van der Waals surface area contributed by atoms with Crippen molar-refractivity contribution < 1.29 is 0 Å². The summed E-state index contributed by atoms with van der Waals surface area (Å²) in [6, 6.07) is 6.82. The highest BCUT2D eigenvalue weighted by Crippen LogP contribution is 2.48. The quantitative estimate of drug-likeness (QED) is 0.705. The molecule has 0 amide bonds. The van der Waals surface area contributed by atoms with Crippen molar-refractivity contribution in [1.82, 2.24) is 0 Å². The van der Waals surface area contributed by atoms with Gasteiger partial charge in [0.1, 0.15) is 0 Å². The second-order valence-electron chi connectivity index (χ2n) is 6.40. The monoisotopic (exact) mass is 323 g/mol. The van der Waals surface area contributed by atoms with Crippen LogP contribution in [0.25, 0.3) is 0 Å². The lowest BCUT2D eigenvalue weighted by atomic mass is 9.77. The minimum absolute atomic E-state index is 0.231. The van der Waals surface area contributed by atoms with Gasteiger partial charge in [0, 0.05) is 27.7 Å². The predicted molar refractivity (Wildman–Crippen MR) is 88.1 cm³/mol. The molecule has 2 heteroatoms. The molecule has 19 heavy (non-hydrogen) atoms. The summed E-state index contributed by atoms with van der Waals surface area (Å²) in [5, 5.41) is 0. The van der Waals surface area contributed by atoms with Gasteiger partial charge in [-0.2, -0.15) is 0 Å². The summed E-state index contributed by atoms with van der Waals surface area (Å²) in [6.07, 6.45) is 3.60. The molecule has 0 spiro atoms. The summed E-state index contributed by atoms with van der Waals surface area (Å²) in [7, 11) is 0. The molecule has 0 saturated carbocycles. The fourth-order valence-electron chi connectivity index (χ4n) is 3.23. The van der Waals surface area contributed by atoms with E-state index in [0.29, 0.717) is 5.41 Å². The first-order valence-corrected chi connectivity index (χ1v) is 8.27. The molecule has 0 saturated heterocycles. The Labute approximate surface area is 126 Å². The molecule has 2 rings (SSSR count). The van der Waals surface area contributed by atoms with E-state index in [4.69, 9.17) is 0 Å². The van der Waals surface area contributed by atoms with Crippen molar-refractivity contribution in [1.29, 1.82) is 0 Å². The molecule has 1 nitrogen and oxygen atoms in total. The van der Waals surface area contributed by atoms with E-state index in [0.717, 1.165) is 6.54 Å². The molecule has 0 bridgehead atoms. The Balaban J connectivity index is 2.57. The maximum Gasteiger partial charge on any atom is 0.0410 e. The zero-order chi connectivity index (χ0) is 14.3. The van der Waals surface area contributed by atoms with Crippen LogP contribution in [0.3, 0.4) is 0 Å². The lowest BCUT2D eigenvalue weighted by Crippen LogP contribution is -2.45. The van der Waals surface area contributed by atoms with Gasteiger partial charge >= 0.3 is 0 Å². The Hall–Kier alpha value is -0.500. The lowest BCUT2D eigenvalue weighted by molar-refractivity contribution is 0.370. The zero-order valence-corrected chi connectivity index (χ0v) is 14.5. The summed E-state index contributed by atoms with van der Waals surface area (Å²) in [5.41, 5.74) is 3.53. The topological polar surface area (TPSA) is 3.24 Å². The van der Waals surface area contributed by atoms with Crippen molar-refractivity contribution in [3.05, 3.63) is 28.2 Å². The van der Waals surface area contributed by atoms with E-state index in [2.05, 4.69) is 73.6 Å². The van der Waals surface area contributed by atoms with Crippen LogP contribution >= 0.6 is 15.9 Å². The molecule has 0 aliphatic carbocycles. The third-order valence-corrected chi connectivity index (χ3v) is 5.72. The number of hydrogen-bond acceptors (Lipinski definition) is 1. The van der Waals surface area contributed by atoms with Gasteiger partial charge in [-0.05, 0) is 56.9 Å². The van der Waals surface area contributed by atoms with E-state index in [-0.39, 0.29) is 5.54 Å². The summed E-state index contributed by atoms with van der Waals surface area (Å²) in [4.78, 5) is 2.63. The molecule has 0 unspecified atom stereocenters. The average molecular weight is 324 g/mol. The van der Waals surface area contributed by atoms with Gasteiger partial charge in [-0.3, -0.25) is 0 Å². The number of rotatable bonds is 4. The largest absolute Gasteiger partial charge is 0.365 e. The van der Waals surface area contributed by atoms with E-state index in [1.54, 1.807) is 0 Å². The number of benzene rings is 1. The van der Waals surface area contributed by atoms with Crippen LogP contribution < -0.4 is 4.90 Å². The summed E-state index contributed by atoms with van der Waals surface area (Å²) in [5.74, 6) is 0. The molecule has 1 aliphatic heterocycles. The number of hydrogen-bond donors (Lipinski definition) is 0. The summed E-state index contributed by atoms with van der Waals surface area (Å²) >= 11 is 3.64. The number of anilines is 1. The van der Waals surface area contributed by atoms with Crippen LogP contribution in [0, 0.1) is 0 Å². The van der Waals surface area contributed by atoms with Gasteiger partial charge in [-0.25, -0.2) is 0 Å². The molecular weight excluding hydrogens is 298 g/mol. The van der Waals surface area contributed by atoms with Gasteiger partial charge in [-0.15, -0.1) is 0 Å². The Kier molecular flexibility index (Phi) is 4.02. The molecule has 0 radical (unpaired) electrons. The maximum absolute atomic E-state index is 3.64. The molecule has 106 valence electrons. The van der Waals surface area contributed by atoms with Crippen LogP contribution in [0.1, 0.15) is 59.4 Å². The third kappa shape index (κ3) is 2.33. The Morgan fingerprint density at radius 2 is 1.84 bits per heavy atom. The van der Waals surface area contributed by atoms with Gasteiger partial charge in [0.15, 0.2) is 0 Å². The molecule has 0 fully saturated rings. The zero-order valence-electron chi connectivity index (χ0n) is 12.9. The Morgan fingerprint density at radius 1 is 1.21 bits per heavy atom. The minimum Gasteiger partial charge on any atom is -0.365 e. The number of halogens is 1. The minimum atomic E-state index is 0.231. The fraction of sp³-hybridized carbons (Fsp3) is 0.647. The number of fused-ring (bicyclic) bond motifs is 1. The highest BCUT2D eigenvalue weighted by atomic mass is 79.9. The van der Waals surface area contributed by atoms with Crippen LogP contribution in [0.4, 0.5) is 5.69 Å². The molecule has 0 atom stereocenters. The standard InChI is InChI=1S/C17H26BrN/c1-6-16(4,5)19-12-17(7-2,8-3)14-11-13(18)9-10-15(14)19/h9-11H,6-8,12H2,1-5H3. The first-order valence-electron chi connectivity index (χ1n) is 7.48. The van der Waals surface area contributed by atoms with Crippen LogP contribution in [0.5, 0.6) is 0 Å². The fourth-order valence-corrected chi connectivity index (χ4v) is 3.59.